The largest absolute Gasteiger partial charge is 0.357 e. The van der Waals surface area contributed by atoms with Gasteiger partial charge < -0.3 is 15.5 Å². The Morgan fingerprint density at radius 3 is 2.63 bits per heavy atom. The second-order valence-corrected chi connectivity index (χ2v) is 7.86. The minimum atomic E-state index is 0.0751. The maximum Gasteiger partial charge on any atom is 0.244 e. The van der Waals surface area contributed by atoms with E-state index in [-0.39, 0.29) is 12.5 Å². The number of carbonyl (C=O) groups is 1. The van der Waals surface area contributed by atoms with Crippen LogP contribution in [0.15, 0.2) is 41.4 Å². The number of nitrogens with zero attached hydrogens (tertiary/aromatic N) is 2. The van der Waals surface area contributed by atoms with Crippen molar-refractivity contribution in [3.63, 3.8) is 0 Å². The minimum absolute atomic E-state index is 0.0751. The van der Waals surface area contributed by atoms with Crippen molar-refractivity contribution < 1.29 is 4.79 Å². The fourth-order valence-electron chi connectivity index (χ4n) is 3.18. The first-order valence-corrected chi connectivity index (χ1v) is 10.5. The Hall–Kier alpha value is -2.34. The number of hydrogen-bond donors (Lipinski definition) is 2. The van der Waals surface area contributed by atoms with E-state index in [4.69, 9.17) is 0 Å². The summed E-state index contributed by atoms with van der Waals surface area (Å²) in [5, 5.41) is 6.55. The van der Waals surface area contributed by atoms with Crippen LogP contribution in [0.1, 0.15) is 34.7 Å². The Bertz CT molecular complexity index is 799. The van der Waals surface area contributed by atoms with Crippen LogP contribution in [0.3, 0.4) is 0 Å². The molecule has 0 unspecified atom stereocenters. The van der Waals surface area contributed by atoms with Gasteiger partial charge in [0.2, 0.25) is 5.91 Å². The highest BCUT2D eigenvalue weighted by Crippen LogP contribution is 2.18. The molecular formula is C21H28N4OS. The van der Waals surface area contributed by atoms with Gasteiger partial charge in [-0.05, 0) is 43.0 Å². The normalized spacial score (nSPS) is 14.0. The Morgan fingerprint density at radius 2 is 1.89 bits per heavy atom. The Morgan fingerprint density at radius 1 is 1.11 bits per heavy atom. The van der Waals surface area contributed by atoms with E-state index < -0.39 is 0 Å². The van der Waals surface area contributed by atoms with Gasteiger partial charge in [0.25, 0.3) is 0 Å². The second-order valence-electron chi connectivity index (χ2n) is 6.60. The summed E-state index contributed by atoms with van der Waals surface area (Å²) in [6, 6.07) is 12.7. The SMILES string of the molecule is CCNC(=NCC(=O)N1CCc2ccccc2C1)NCc1ccc(CC)s1. The zero-order valence-corrected chi connectivity index (χ0v) is 16.9. The molecule has 0 spiro atoms. The van der Waals surface area contributed by atoms with Gasteiger partial charge in [-0.2, -0.15) is 0 Å². The molecule has 1 aliphatic heterocycles. The molecule has 0 saturated heterocycles. The second kappa shape index (κ2) is 9.55. The molecule has 0 bridgehead atoms. The number of guanidine groups is 1. The molecular weight excluding hydrogens is 356 g/mol. The molecule has 27 heavy (non-hydrogen) atoms. The fraction of sp³-hybridized carbons (Fsp3) is 0.429. The van der Waals surface area contributed by atoms with Crippen molar-refractivity contribution in [2.24, 2.45) is 4.99 Å². The standard InChI is InChI=1S/C21H28N4OS/c1-3-18-9-10-19(27-18)13-23-21(22-4-2)24-14-20(26)25-12-11-16-7-5-6-8-17(16)15-25/h5-10H,3-4,11-15H2,1-2H3,(H2,22,23,24). The number of benzene rings is 1. The predicted octanol–water partition coefficient (Wildman–Crippen LogP) is 2.95. The van der Waals surface area contributed by atoms with E-state index >= 15 is 0 Å². The van der Waals surface area contributed by atoms with Crippen LogP contribution in [0.25, 0.3) is 0 Å². The highest BCUT2D eigenvalue weighted by molar-refractivity contribution is 7.11. The number of carbonyl (C=O) groups excluding carboxylic acids is 1. The molecule has 0 fully saturated rings. The summed E-state index contributed by atoms with van der Waals surface area (Å²) in [6.07, 6.45) is 1.98. The molecule has 2 aromatic rings. The van der Waals surface area contributed by atoms with Gasteiger partial charge in [-0.15, -0.1) is 11.3 Å². The molecule has 1 aliphatic rings. The fourth-order valence-corrected chi connectivity index (χ4v) is 4.07. The lowest BCUT2D eigenvalue weighted by Crippen LogP contribution is -2.40. The number of aliphatic imine (C=N–C) groups is 1. The molecule has 1 aromatic carbocycles. The monoisotopic (exact) mass is 384 g/mol. The van der Waals surface area contributed by atoms with Crippen molar-refractivity contribution in [3.05, 3.63) is 57.3 Å². The number of nitrogens with one attached hydrogen (secondary N) is 2. The van der Waals surface area contributed by atoms with E-state index in [1.807, 2.05) is 29.2 Å². The van der Waals surface area contributed by atoms with Crippen LogP contribution in [-0.4, -0.2) is 36.4 Å². The van der Waals surface area contributed by atoms with Crippen molar-refractivity contribution >= 4 is 23.2 Å². The average Bonchev–Trinajstić information content (AvgIpc) is 3.17. The third kappa shape index (κ3) is 5.32. The van der Waals surface area contributed by atoms with E-state index in [1.165, 1.54) is 20.9 Å². The van der Waals surface area contributed by atoms with Crippen LogP contribution < -0.4 is 10.6 Å². The minimum Gasteiger partial charge on any atom is -0.357 e. The van der Waals surface area contributed by atoms with Gasteiger partial charge in [0, 0.05) is 29.4 Å². The van der Waals surface area contributed by atoms with Crippen LogP contribution in [0.5, 0.6) is 0 Å². The number of thiophene rings is 1. The predicted molar refractivity (Wildman–Crippen MR) is 112 cm³/mol. The zero-order valence-electron chi connectivity index (χ0n) is 16.1. The molecule has 0 aliphatic carbocycles. The van der Waals surface area contributed by atoms with Gasteiger partial charge in [-0.1, -0.05) is 31.2 Å². The quantitative estimate of drug-likeness (QED) is 0.595. The van der Waals surface area contributed by atoms with E-state index in [0.717, 1.165) is 32.5 Å². The van der Waals surface area contributed by atoms with Crippen molar-refractivity contribution in [2.45, 2.75) is 39.8 Å². The van der Waals surface area contributed by atoms with Crippen molar-refractivity contribution in [1.82, 2.24) is 15.5 Å². The Kier molecular flexibility index (Phi) is 6.87. The summed E-state index contributed by atoms with van der Waals surface area (Å²) >= 11 is 1.81. The summed E-state index contributed by atoms with van der Waals surface area (Å²) in [6.45, 7) is 7.31. The summed E-state index contributed by atoms with van der Waals surface area (Å²) in [7, 11) is 0. The van der Waals surface area contributed by atoms with Crippen molar-refractivity contribution in [3.8, 4) is 0 Å². The first-order chi connectivity index (χ1) is 13.2. The van der Waals surface area contributed by atoms with Gasteiger partial charge in [0.1, 0.15) is 6.54 Å². The average molecular weight is 385 g/mol. The van der Waals surface area contributed by atoms with Crippen LogP contribution >= 0.6 is 11.3 Å². The number of amides is 1. The lowest BCUT2D eigenvalue weighted by Gasteiger charge is -2.28. The van der Waals surface area contributed by atoms with E-state index in [9.17, 15) is 4.79 Å². The van der Waals surface area contributed by atoms with E-state index in [1.54, 1.807) is 0 Å². The van der Waals surface area contributed by atoms with Gasteiger partial charge in [0.15, 0.2) is 5.96 Å². The molecule has 2 N–H and O–H groups in total. The lowest BCUT2D eigenvalue weighted by atomic mass is 10.00. The molecule has 5 nitrogen and oxygen atoms in total. The Balaban J connectivity index is 1.55. The summed E-state index contributed by atoms with van der Waals surface area (Å²) in [5.41, 5.74) is 2.60. The lowest BCUT2D eigenvalue weighted by molar-refractivity contribution is -0.130. The smallest absolute Gasteiger partial charge is 0.244 e. The molecule has 0 radical (unpaired) electrons. The first kappa shape index (κ1) is 19.4. The molecule has 0 saturated carbocycles. The van der Waals surface area contributed by atoms with E-state index in [0.29, 0.717) is 12.5 Å². The van der Waals surface area contributed by atoms with Gasteiger partial charge >= 0.3 is 0 Å². The van der Waals surface area contributed by atoms with Crippen LogP contribution in [0.4, 0.5) is 0 Å². The van der Waals surface area contributed by atoms with Crippen molar-refractivity contribution in [1.29, 1.82) is 0 Å². The highest BCUT2D eigenvalue weighted by Gasteiger charge is 2.19. The molecule has 1 amide bonds. The van der Waals surface area contributed by atoms with Crippen LogP contribution in [0, 0.1) is 0 Å². The van der Waals surface area contributed by atoms with Gasteiger partial charge in [-0.25, -0.2) is 4.99 Å². The molecule has 6 heteroatoms. The molecule has 144 valence electrons. The number of rotatable bonds is 6. The summed E-state index contributed by atoms with van der Waals surface area (Å²) < 4.78 is 0. The third-order valence-corrected chi connectivity index (χ3v) is 5.93. The van der Waals surface area contributed by atoms with Crippen LogP contribution in [0.2, 0.25) is 0 Å². The molecule has 1 aromatic heterocycles. The van der Waals surface area contributed by atoms with E-state index in [2.05, 4.69) is 52.9 Å². The van der Waals surface area contributed by atoms with Crippen LogP contribution in [-0.2, 0) is 30.7 Å². The number of hydrogen-bond acceptors (Lipinski definition) is 3. The topological polar surface area (TPSA) is 56.7 Å². The molecule has 2 heterocycles. The first-order valence-electron chi connectivity index (χ1n) is 9.64. The van der Waals surface area contributed by atoms with Gasteiger partial charge in [0.05, 0.1) is 6.54 Å². The maximum atomic E-state index is 12.6. The number of fused-ring (bicyclic) bond motifs is 1. The zero-order chi connectivity index (χ0) is 19.1. The third-order valence-electron chi connectivity index (χ3n) is 4.70. The highest BCUT2D eigenvalue weighted by atomic mass is 32.1. The van der Waals surface area contributed by atoms with Gasteiger partial charge in [-0.3, -0.25) is 4.79 Å². The Labute approximate surface area is 165 Å². The van der Waals surface area contributed by atoms with Crippen molar-refractivity contribution in [2.75, 3.05) is 19.6 Å². The summed E-state index contributed by atoms with van der Waals surface area (Å²) in [5.74, 6) is 0.765. The maximum absolute atomic E-state index is 12.6. The molecule has 3 rings (SSSR count). The number of aryl methyl sites for hydroxylation is 1. The molecule has 0 atom stereocenters. The summed E-state index contributed by atoms with van der Waals surface area (Å²) in [4.78, 5) is 21.7.